The number of thioether (sulfide) groups is 1. The zero-order valence-corrected chi connectivity index (χ0v) is 24.8. The van der Waals surface area contributed by atoms with Crippen LogP contribution in [0.3, 0.4) is 0 Å². The molecular formula is C26H19Cl4N3O4S2. The van der Waals surface area contributed by atoms with Gasteiger partial charge in [0, 0.05) is 15.5 Å². The first-order chi connectivity index (χ1) is 18.5. The maximum absolute atomic E-state index is 13.0. The van der Waals surface area contributed by atoms with Gasteiger partial charge in [-0.05, 0) is 56.4 Å². The van der Waals surface area contributed by atoms with Gasteiger partial charge in [-0.3, -0.25) is 9.59 Å². The Morgan fingerprint density at radius 2 is 1.69 bits per heavy atom. The highest BCUT2D eigenvalue weighted by Gasteiger charge is 2.29. The molecule has 0 fully saturated rings. The summed E-state index contributed by atoms with van der Waals surface area (Å²) in [6, 6.07) is 8.90. The van der Waals surface area contributed by atoms with E-state index in [1.807, 2.05) is 0 Å². The topological polar surface area (TPSA) is 119 Å². The number of nitriles is 1. The van der Waals surface area contributed by atoms with Gasteiger partial charge in [-0.1, -0.05) is 52.5 Å². The number of rotatable bonds is 7. The number of carboxylic acid groups (broad SMARTS) is 1. The molecule has 1 aromatic heterocycles. The Hall–Kier alpha value is -2.45. The van der Waals surface area contributed by atoms with Crippen LogP contribution in [0.1, 0.15) is 56.5 Å². The molecule has 2 amide bonds. The largest absolute Gasteiger partial charge is 0.478 e. The van der Waals surface area contributed by atoms with Gasteiger partial charge in [0.1, 0.15) is 11.1 Å². The highest BCUT2D eigenvalue weighted by molar-refractivity contribution is 8.00. The lowest BCUT2D eigenvalue weighted by Gasteiger charge is -2.15. The van der Waals surface area contributed by atoms with E-state index in [1.165, 1.54) is 23.1 Å². The summed E-state index contributed by atoms with van der Waals surface area (Å²) in [4.78, 5) is 39.6. The van der Waals surface area contributed by atoms with Crippen molar-refractivity contribution in [3.63, 3.8) is 0 Å². The number of aromatic carboxylic acids is 1. The summed E-state index contributed by atoms with van der Waals surface area (Å²) in [5, 5.41) is 23.5. The quantitative estimate of drug-likeness (QED) is 0.136. The second kappa shape index (κ2) is 12.4. The van der Waals surface area contributed by atoms with E-state index >= 15 is 0 Å². The zero-order chi connectivity index (χ0) is 28.4. The van der Waals surface area contributed by atoms with Crippen molar-refractivity contribution in [2.24, 2.45) is 0 Å². The van der Waals surface area contributed by atoms with Crippen molar-refractivity contribution in [3.8, 4) is 6.07 Å². The van der Waals surface area contributed by atoms with Gasteiger partial charge >= 0.3 is 5.97 Å². The summed E-state index contributed by atoms with van der Waals surface area (Å²) < 4.78 is 0. The minimum absolute atomic E-state index is 0.242. The molecule has 3 aromatic rings. The molecule has 1 atom stereocenters. The number of hydrogen-bond donors (Lipinski definition) is 3. The molecule has 0 aliphatic heterocycles. The van der Waals surface area contributed by atoms with Gasteiger partial charge in [0.25, 0.3) is 5.91 Å². The summed E-state index contributed by atoms with van der Waals surface area (Å²) in [5.74, 6) is -2.61. The van der Waals surface area contributed by atoms with Crippen molar-refractivity contribution in [2.45, 2.75) is 42.8 Å². The Kier molecular flexibility index (Phi) is 9.37. The first-order valence-electron chi connectivity index (χ1n) is 11.6. The van der Waals surface area contributed by atoms with Crippen LogP contribution in [-0.2, 0) is 17.6 Å². The predicted octanol–water partition coefficient (Wildman–Crippen LogP) is 8.18. The molecule has 1 unspecified atom stereocenters. The van der Waals surface area contributed by atoms with Gasteiger partial charge in [0.15, 0.2) is 0 Å². The standard InChI is InChI=1S/C26H19Cl4N3O4S2/c1-11(23(34)33-25-15(10-31)14-7-2-3-8-16(14)39-25)38-13-6-4-5-12(9-13)32-24(35)17-18(26(36)37)20(28)22(30)21(29)19(17)27/h4-6,9,11H,2-3,7-8H2,1H3,(H,32,35)(H,33,34)(H,36,37). The molecule has 202 valence electrons. The number of hydrogen-bond acceptors (Lipinski definition) is 6. The Morgan fingerprint density at radius 3 is 2.36 bits per heavy atom. The number of fused-ring (bicyclic) bond motifs is 1. The van der Waals surface area contributed by atoms with Gasteiger partial charge in [0.2, 0.25) is 5.91 Å². The van der Waals surface area contributed by atoms with Crippen molar-refractivity contribution in [3.05, 3.63) is 71.5 Å². The SMILES string of the molecule is CC(Sc1cccc(NC(=O)c2c(Cl)c(Cl)c(Cl)c(Cl)c2C(=O)O)c1)C(=O)Nc1sc2c(c1C#N)CCCC2. The zero-order valence-electron chi connectivity index (χ0n) is 20.2. The average molecular weight is 643 g/mol. The molecule has 0 spiro atoms. The van der Waals surface area contributed by atoms with E-state index in [-0.39, 0.29) is 21.0 Å². The predicted molar refractivity (Wildman–Crippen MR) is 157 cm³/mol. The number of anilines is 2. The van der Waals surface area contributed by atoms with Crippen LogP contribution >= 0.6 is 69.5 Å². The maximum Gasteiger partial charge on any atom is 0.338 e. The highest BCUT2D eigenvalue weighted by atomic mass is 35.5. The van der Waals surface area contributed by atoms with Crippen molar-refractivity contribution in [1.82, 2.24) is 0 Å². The number of carbonyl (C=O) groups is 3. The van der Waals surface area contributed by atoms with Gasteiger partial charge < -0.3 is 15.7 Å². The fourth-order valence-corrected chi connectivity index (χ4v) is 7.32. The van der Waals surface area contributed by atoms with Gasteiger partial charge in [0.05, 0.1) is 42.0 Å². The molecule has 0 saturated heterocycles. The van der Waals surface area contributed by atoms with Crippen LogP contribution < -0.4 is 10.6 Å². The second-order valence-electron chi connectivity index (χ2n) is 8.57. The molecule has 13 heteroatoms. The Labute approximate surface area is 252 Å². The summed E-state index contributed by atoms with van der Waals surface area (Å²) in [6.45, 7) is 1.74. The number of nitrogens with one attached hydrogen (secondary N) is 2. The van der Waals surface area contributed by atoms with Crippen LogP contribution in [0.5, 0.6) is 0 Å². The van der Waals surface area contributed by atoms with Gasteiger partial charge in [-0.2, -0.15) is 5.26 Å². The highest BCUT2D eigenvalue weighted by Crippen LogP contribution is 2.42. The number of halogens is 4. The van der Waals surface area contributed by atoms with Crippen LogP contribution in [0.25, 0.3) is 0 Å². The second-order valence-corrected chi connectivity index (χ2v) is 12.6. The molecular weight excluding hydrogens is 624 g/mol. The van der Waals surface area contributed by atoms with E-state index in [2.05, 4.69) is 16.7 Å². The lowest BCUT2D eigenvalue weighted by molar-refractivity contribution is -0.115. The van der Waals surface area contributed by atoms with Crippen LogP contribution in [0, 0.1) is 11.3 Å². The third-order valence-corrected chi connectivity index (χ3v) is 10.1. The molecule has 39 heavy (non-hydrogen) atoms. The summed E-state index contributed by atoms with van der Waals surface area (Å²) in [7, 11) is 0. The average Bonchev–Trinajstić information content (AvgIpc) is 3.25. The summed E-state index contributed by atoms with van der Waals surface area (Å²) >= 11 is 26.9. The van der Waals surface area contributed by atoms with E-state index in [1.54, 1.807) is 31.2 Å². The number of aryl methyl sites for hydroxylation is 1. The number of carboxylic acids is 1. The maximum atomic E-state index is 13.0. The molecule has 0 radical (unpaired) electrons. The van der Waals surface area contributed by atoms with E-state index in [4.69, 9.17) is 46.4 Å². The number of carbonyl (C=O) groups excluding carboxylic acids is 2. The first-order valence-corrected chi connectivity index (χ1v) is 14.8. The van der Waals surface area contributed by atoms with Crippen LogP contribution in [-0.4, -0.2) is 28.1 Å². The van der Waals surface area contributed by atoms with E-state index in [0.29, 0.717) is 21.1 Å². The molecule has 0 bridgehead atoms. The third-order valence-electron chi connectivity index (χ3n) is 6.00. The number of thiophene rings is 1. The minimum atomic E-state index is -1.50. The smallest absolute Gasteiger partial charge is 0.338 e. The van der Waals surface area contributed by atoms with Crippen LogP contribution in [0.2, 0.25) is 20.1 Å². The molecule has 7 nitrogen and oxygen atoms in total. The van der Waals surface area contributed by atoms with Crippen molar-refractivity contribution in [2.75, 3.05) is 10.6 Å². The van der Waals surface area contributed by atoms with Crippen LogP contribution in [0.4, 0.5) is 10.7 Å². The molecule has 0 saturated carbocycles. The fraction of sp³-hybridized carbons (Fsp3) is 0.231. The van der Waals surface area contributed by atoms with E-state index in [9.17, 15) is 24.8 Å². The molecule has 1 heterocycles. The molecule has 4 rings (SSSR count). The molecule has 3 N–H and O–H groups in total. The number of amides is 2. The lowest BCUT2D eigenvalue weighted by atomic mass is 9.96. The molecule has 1 aliphatic carbocycles. The van der Waals surface area contributed by atoms with Crippen LogP contribution in [0.15, 0.2) is 29.2 Å². The number of nitrogens with zero attached hydrogens (tertiary/aromatic N) is 1. The Bertz CT molecular complexity index is 1550. The normalized spacial score (nSPS) is 13.2. The van der Waals surface area contributed by atoms with Crippen molar-refractivity contribution in [1.29, 1.82) is 5.26 Å². The first kappa shape index (κ1) is 29.5. The minimum Gasteiger partial charge on any atom is -0.478 e. The fourth-order valence-electron chi connectivity index (χ4n) is 4.13. The summed E-state index contributed by atoms with van der Waals surface area (Å²) in [5.41, 5.74) is 0.913. The van der Waals surface area contributed by atoms with E-state index < -0.39 is 33.3 Å². The van der Waals surface area contributed by atoms with Gasteiger partial charge in [-0.25, -0.2) is 4.79 Å². The lowest BCUT2D eigenvalue weighted by Crippen LogP contribution is -2.22. The third kappa shape index (κ3) is 6.17. The molecule has 1 aliphatic rings. The molecule has 2 aromatic carbocycles. The van der Waals surface area contributed by atoms with Crippen molar-refractivity contribution >= 4 is 98.0 Å². The Morgan fingerprint density at radius 1 is 1.03 bits per heavy atom. The van der Waals surface area contributed by atoms with E-state index in [0.717, 1.165) is 36.1 Å². The number of benzene rings is 2. The van der Waals surface area contributed by atoms with Gasteiger partial charge in [-0.15, -0.1) is 23.1 Å². The monoisotopic (exact) mass is 641 g/mol. The Balaban J connectivity index is 1.50. The summed E-state index contributed by atoms with van der Waals surface area (Å²) in [6.07, 6.45) is 3.88. The van der Waals surface area contributed by atoms with Crippen molar-refractivity contribution < 1.29 is 19.5 Å².